The molecule has 0 heterocycles. The van der Waals surface area contributed by atoms with Crippen LogP contribution in [0.25, 0.3) is 10.8 Å². The second-order valence-corrected chi connectivity index (χ2v) is 5.97. The van der Waals surface area contributed by atoms with E-state index in [1.165, 1.54) is 24.3 Å². The lowest BCUT2D eigenvalue weighted by molar-refractivity contribution is 0.385. The molecule has 21 heavy (non-hydrogen) atoms. The maximum absolute atomic E-state index is 10.7. The number of hydrogen-bond acceptors (Lipinski definition) is 7. The summed E-state index contributed by atoms with van der Waals surface area (Å²) in [7, 11) is -9.44. The largest absolute Gasteiger partial charge is 0.446 e. The summed E-state index contributed by atoms with van der Waals surface area (Å²) in [5.74, 6) is -0.540. The first-order valence-corrected chi connectivity index (χ1v) is 7.94. The number of hydrogen-bond donors (Lipinski definition) is 3. The molecule has 0 aliphatic rings. The summed E-state index contributed by atoms with van der Waals surface area (Å²) in [4.78, 5) is 0. The normalized spacial score (nSPS) is 12.3. The standard InChI is InChI=1S/C10H9NO8S2/c11-9-4-6-1-2-8(18-20(12,13)14)3-7(6)5-10(9)19-21(15,16)17/h1-5H,11H2,(H,12,13,14)(H,15,16,17). The molecule has 0 aliphatic carbocycles. The highest BCUT2D eigenvalue weighted by atomic mass is 32.3. The number of benzene rings is 2. The number of anilines is 1. The fourth-order valence-electron chi connectivity index (χ4n) is 1.63. The number of fused-ring (bicyclic) bond motifs is 1. The van der Waals surface area contributed by atoms with Crippen molar-refractivity contribution in [3.63, 3.8) is 0 Å². The third-order valence-corrected chi connectivity index (χ3v) is 3.13. The molecule has 2 aromatic rings. The summed E-state index contributed by atoms with van der Waals surface area (Å²) in [5, 5.41) is 0.835. The maximum Gasteiger partial charge on any atom is 0.446 e. The summed E-state index contributed by atoms with van der Waals surface area (Å²) in [6, 6.07) is 6.42. The van der Waals surface area contributed by atoms with Gasteiger partial charge in [0.1, 0.15) is 5.75 Å². The number of nitrogen functional groups attached to an aromatic ring is 1. The quantitative estimate of drug-likeness (QED) is 0.543. The SMILES string of the molecule is Nc1cc2ccc(OS(=O)(=O)O)cc2cc1OS(=O)(=O)O. The van der Waals surface area contributed by atoms with E-state index in [9.17, 15) is 16.8 Å². The molecule has 0 radical (unpaired) electrons. The average molecular weight is 335 g/mol. The molecule has 11 heteroatoms. The van der Waals surface area contributed by atoms with Crippen LogP contribution in [0.3, 0.4) is 0 Å². The molecule has 0 amide bonds. The highest BCUT2D eigenvalue weighted by Crippen LogP contribution is 2.31. The molecule has 4 N–H and O–H groups in total. The van der Waals surface area contributed by atoms with Gasteiger partial charge in [-0.3, -0.25) is 9.11 Å². The van der Waals surface area contributed by atoms with Crippen molar-refractivity contribution in [3.8, 4) is 11.5 Å². The van der Waals surface area contributed by atoms with Gasteiger partial charge in [-0.25, -0.2) is 0 Å². The molecule has 2 rings (SSSR count). The van der Waals surface area contributed by atoms with Gasteiger partial charge in [-0.05, 0) is 35.0 Å². The van der Waals surface area contributed by atoms with E-state index in [0.29, 0.717) is 10.8 Å². The Bertz CT molecular complexity index is 904. The molecule has 0 saturated heterocycles. The zero-order valence-electron chi connectivity index (χ0n) is 10.1. The van der Waals surface area contributed by atoms with Crippen molar-refractivity contribution in [2.24, 2.45) is 0 Å². The predicted molar refractivity (Wildman–Crippen MR) is 72.7 cm³/mol. The van der Waals surface area contributed by atoms with E-state index in [4.69, 9.17) is 14.8 Å². The molecule has 9 nitrogen and oxygen atoms in total. The van der Waals surface area contributed by atoms with Crippen LogP contribution in [0.4, 0.5) is 5.69 Å². The van der Waals surface area contributed by atoms with E-state index in [0.717, 1.165) is 6.07 Å². The summed E-state index contributed by atoms with van der Waals surface area (Å²) in [5.41, 5.74) is 5.51. The molecule has 0 fully saturated rings. The molecule has 0 saturated carbocycles. The van der Waals surface area contributed by atoms with Gasteiger partial charge in [0.25, 0.3) is 0 Å². The van der Waals surface area contributed by atoms with E-state index in [2.05, 4.69) is 8.37 Å². The van der Waals surface area contributed by atoms with Gasteiger partial charge in [0.15, 0.2) is 5.75 Å². The Labute approximate surface area is 119 Å². The van der Waals surface area contributed by atoms with Crippen molar-refractivity contribution >= 4 is 37.3 Å². The minimum atomic E-state index is -4.75. The molecule has 0 spiro atoms. The van der Waals surface area contributed by atoms with Crippen molar-refractivity contribution in [1.29, 1.82) is 0 Å². The van der Waals surface area contributed by atoms with E-state index in [-0.39, 0.29) is 17.2 Å². The molecule has 0 atom stereocenters. The van der Waals surface area contributed by atoms with E-state index in [1.54, 1.807) is 0 Å². The van der Waals surface area contributed by atoms with Gasteiger partial charge in [-0.2, -0.15) is 16.8 Å². The number of nitrogens with two attached hydrogens (primary N) is 1. The Morgan fingerprint density at radius 2 is 1.48 bits per heavy atom. The molecular weight excluding hydrogens is 326 g/mol. The summed E-state index contributed by atoms with van der Waals surface area (Å²) >= 11 is 0. The summed E-state index contributed by atoms with van der Waals surface area (Å²) < 4.78 is 68.4. The van der Waals surface area contributed by atoms with E-state index in [1.807, 2.05) is 0 Å². The van der Waals surface area contributed by atoms with E-state index >= 15 is 0 Å². The van der Waals surface area contributed by atoms with Crippen LogP contribution in [0, 0.1) is 0 Å². The molecule has 2 aromatic carbocycles. The fourth-order valence-corrected chi connectivity index (χ4v) is 2.35. The lowest BCUT2D eigenvalue weighted by Crippen LogP contribution is -2.08. The second-order valence-electron chi connectivity index (χ2n) is 3.92. The van der Waals surface area contributed by atoms with Gasteiger partial charge in [-0.15, -0.1) is 0 Å². The minimum Gasteiger partial charge on any atom is -0.396 e. The Hall–Kier alpha value is -2.08. The Morgan fingerprint density at radius 3 is 2.05 bits per heavy atom. The van der Waals surface area contributed by atoms with Crippen LogP contribution >= 0.6 is 0 Å². The van der Waals surface area contributed by atoms with Gasteiger partial charge >= 0.3 is 20.8 Å². The lowest BCUT2D eigenvalue weighted by atomic mass is 10.1. The predicted octanol–water partition coefficient (Wildman–Crippen LogP) is 0.785. The molecule has 114 valence electrons. The van der Waals surface area contributed by atoms with Crippen molar-refractivity contribution in [3.05, 3.63) is 30.3 Å². The minimum absolute atomic E-state index is 0.0522. The Kier molecular flexibility index (Phi) is 3.67. The van der Waals surface area contributed by atoms with Gasteiger partial charge < -0.3 is 14.1 Å². The third kappa shape index (κ3) is 4.19. The van der Waals surface area contributed by atoms with Crippen LogP contribution in [0.1, 0.15) is 0 Å². The van der Waals surface area contributed by atoms with Gasteiger partial charge in [0.2, 0.25) is 0 Å². The topological polar surface area (TPSA) is 153 Å². The smallest absolute Gasteiger partial charge is 0.396 e. The van der Waals surface area contributed by atoms with Gasteiger partial charge in [0, 0.05) is 0 Å². The van der Waals surface area contributed by atoms with Crippen LogP contribution in [-0.4, -0.2) is 25.9 Å². The monoisotopic (exact) mass is 335 g/mol. The highest BCUT2D eigenvalue weighted by Gasteiger charge is 2.13. The van der Waals surface area contributed by atoms with Crippen LogP contribution in [0.5, 0.6) is 11.5 Å². The van der Waals surface area contributed by atoms with Crippen molar-refractivity contribution in [1.82, 2.24) is 0 Å². The summed E-state index contributed by atoms with van der Waals surface area (Å²) in [6.07, 6.45) is 0. The van der Waals surface area contributed by atoms with Crippen LogP contribution in [-0.2, 0) is 20.8 Å². The van der Waals surface area contributed by atoms with Gasteiger partial charge in [0.05, 0.1) is 5.69 Å². The Balaban J connectivity index is 2.53. The molecule has 0 unspecified atom stereocenters. The first kappa shape index (κ1) is 15.3. The number of rotatable bonds is 4. The zero-order valence-corrected chi connectivity index (χ0v) is 11.8. The van der Waals surface area contributed by atoms with Gasteiger partial charge in [-0.1, -0.05) is 6.07 Å². The van der Waals surface area contributed by atoms with E-state index < -0.39 is 20.8 Å². The summed E-state index contributed by atoms with van der Waals surface area (Å²) in [6.45, 7) is 0. The first-order valence-electron chi connectivity index (χ1n) is 5.20. The Morgan fingerprint density at radius 1 is 0.857 bits per heavy atom. The van der Waals surface area contributed by atoms with Crippen molar-refractivity contribution < 1.29 is 34.3 Å². The first-order chi connectivity index (χ1) is 9.53. The van der Waals surface area contributed by atoms with Crippen molar-refractivity contribution in [2.45, 2.75) is 0 Å². The van der Waals surface area contributed by atoms with Crippen molar-refractivity contribution in [2.75, 3.05) is 5.73 Å². The zero-order chi connectivity index (χ0) is 15.8. The molecular formula is C10H9NO8S2. The van der Waals surface area contributed by atoms with Crippen LogP contribution in [0.15, 0.2) is 30.3 Å². The second kappa shape index (κ2) is 5.04. The molecule has 0 aromatic heterocycles. The maximum atomic E-state index is 10.7. The lowest BCUT2D eigenvalue weighted by Gasteiger charge is -2.08. The average Bonchev–Trinajstić information content (AvgIpc) is 2.26. The third-order valence-electron chi connectivity index (χ3n) is 2.34. The highest BCUT2D eigenvalue weighted by molar-refractivity contribution is 7.81. The van der Waals surface area contributed by atoms with Crippen LogP contribution < -0.4 is 14.1 Å². The molecule has 0 bridgehead atoms. The fraction of sp³-hybridized carbons (Fsp3) is 0. The van der Waals surface area contributed by atoms with Crippen LogP contribution in [0.2, 0.25) is 0 Å². The molecule has 0 aliphatic heterocycles.